The summed E-state index contributed by atoms with van der Waals surface area (Å²) >= 11 is 0. The number of fused-ring (bicyclic) bond motifs is 1. The number of nitrogens with zero attached hydrogens (tertiary/aromatic N) is 1. The van der Waals surface area contributed by atoms with Gasteiger partial charge in [-0.25, -0.2) is 0 Å². The minimum Gasteiger partial charge on any atom is -0.497 e. The number of carbonyl (C=O) groups is 1. The zero-order valence-electron chi connectivity index (χ0n) is 20.1. The number of hydrogen-bond donors (Lipinski definition) is 1. The normalized spacial score (nSPS) is 10.8. The molecule has 1 N–H and O–H groups in total. The van der Waals surface area contributed by atoms with Crippen molar-refractivity contribution in [3.63, 3.8) is 0 Å². The van der Waals surface area contributed by atoms with Crippen molar-refractivity contribution in [3.8, 4) is 22.6 Å². The average molecular weight is 471 g/mol. The first-order chi connectivity index (χ1) is 17.1. The third kappa shape index (κ3) is 5.90. The molecule has 0 saturated heterocycles. The van der Waals surface area contributed by atoms with Gasteiger partial charge in [-0.15, -0.1) is 0 Å². The van der Waals surface area contributed by atoms with Crippen molar-refractivity contribution in [2.75, 3.05) is 20.3 Å². The summed E-state index contributed by atoms with van der Waals surface area (Å²) in [5.41, 5.74) is 3.75. The van der Waals surface area contributed by atoms with Gasteiger partial charge in [-0.1, -0.05) is 49.4 Å². The topological polar surface area (TPSA) is 69.6 Å². The largest absolute Gasteiger partial charge is 0.497 e. The molecule has 180 valence electrons. The number of nitrogens with one attached hydrogen (secondary N) is 1. The Morgan fingerprint density at radius 1 is 0.943 bits per heavy atom. The summed E-state index contributed by atoms with van der Waals surface area (Å²) in [5.74, 6) is 1.17. The zero-order chi connectivity index (χ0) is 24.6. The van der Waals surface area contributed by atoms with E-state index in [1.807, 2.05) is 79.7 Å². The summed E-state index contributed by atoms with van der Waals surface area (Å²) in [4.78, 5) is 25.2. The quantitative estimate of drug-likeness (QED) is 0.361. The van der Waals surface area contributed by atoms with E-state index in [9.17, 15) is 9.59 Å². The standard InChI is InChI=1S/C29H30N2O4/c1-3-17-31-27-18-24(13-14-25(27)26(19-29(31)33)22-7-5-4-6-8-22)35-20-28(32)30-16-15-21-9-11-23(34-2)12-10-21/h4-14,18-19H,3,15-17,20H2,1-2H3,(H,30,32). The maximum absolute atomic E-state index is 12.9. The van der Waals surface area contributed by atoms with Crippen molar-refractivity contribution in [2.45, 2.75) is 26.3 Å². The van der Waals surface area contributed by atoms with Crippen LogP contribution in [0.5, 0.6) is 11.5 Å². The maximum Gasteiger partial charge on any atom is 0.257 e. The van der Waals surface area contributed by atoms with E-state index < -0.39 is 0 Å². The molecule has 1 heterocycles. The molecule has 0 aliphatic rings. The molecule has 0 atom stereocenters. The van der Waals surface area contributed by atoms with Crippen molar-refractivity contribution in [2.24, 2.45) is 0 Å². The Kier molecular flexibility index (Phi) is 7.83. The van der Waals surface area contributed by atoms with E-state index in [0.717, 1.165) is 46.2 Å². The lowest BCUT2D eigenvalue weighted by atomic mass is 10.0. The molecule has 0 radical (unpaired) electrons. The van der Waals surface area contributed by atoms with Crippen LogP contribution in [0.25, 0.3) is 22.0 Å². The molecule has 1 amide bonds. The number of pyridine rings is 1. The van der Waals surface area contributed by atoms with Crippen LogP contribution in [0.15, 0.2) is 83.7 Å². The number of methoxy groups -OCH3 is 1. The summed E-state index contributed by atoms with van der Waals surface area (Å²) in [6.07, 6.45) is 1.55. The van der Waals surface area contributed by atoms with Gasteiger partial charge in [0, 0.05) is 30.6 Å². The van der Waals surface area contributed by atoms with E-state index in [1.54, 1.807) is 17.7 Å². The molecule has 0 bridgehead atoms. The monoisotopic (exact) mass is 470 g/mol. The third-order valence-electron chi connectivity index (χ3n) is 5.88. The predicted molar refractivity (Wildman–Crippen MR) is 139 cm³/mol. The summed E-state index contributed by atoms with van der Waals surface area (Å²) in [6, 6.07) is 25.0. The number of carbonyl (C=O) groups excluding carboxylic acids is 1. The summed E-state index contributed by atoms with van der Waals surface area (Å²) in [5, 5.41) is 3.86. The molecule has 0 spiro atoms. The molecule has 4 aromatic rings. The lowest BCUT2D eigenvalue weighted by molar-refractivity contribution is -0.123. The van der Waals surface area contributed by atoms with Crippen LogP contribution in [0, 0.1) is 0 Å². The van der Waals surface area contributed by atoms with Crippen LogP contribution in [0.1, 0.15) is 18.9 Å². The number of benzene rings is 3. The number of ether oxygens (including phenoxy) is 2. The molecule has 0 unspecified atom stereocenters. The first-order valence-corrected chi connectivity index (χ1v) is 11.8. The molecule has 0 aliphatic carbocycles. The molecule has 3 aromatic carbocycles. The van der Waals surface area contributed by atoms with Crippen LogP contribution in [0.4, 0.5) is 0 Å². The van der Waals surface area contributed by atoms with Crippen LogP contribution in [0.2, 0.25) is 0 Å². The number of rotatable bonds is 10. The number of aryl methyl sites for hydroxylation is 1. The van der Waals surface area contributed by atoms with Crippen molar-refractivity contribution in [1.29, 1.82) is 0 Å². The second-order valence-corrected chi connectivity index (χ2v) is 8.33. The van der Waals surface area contributed by atoms with Crippen LogP contribution in [-0.4, -0.2) is 30.7 Å². The molecule has 0 fully saturated rings. The van der Waals surface area contributed by atoms with Gasteiger partial charge in [-0.3, -0.25) is 9.59 Å². The lowest BCUT2D eigenvalue weighted by Gasteiger charge is -2.15. The Hall–Kier alpha value is -4.06. The third-order valence-corrected chi connectivity index (χ3v) is 5.88. The highest BCUT2D eigenvalue weighted by atomic mass is 16.5. The Labute approximate surface area is 205 Å². The number of hydrogen-bond acceptors (Lipinski definition) is 4. The van der Waals surface area contributed by atoms with Gasteiger partial charge in [0.1, 0.15) is 11.5 Å². The average Bonchev–Trinajstić information content (AvgIpc) is 2.89. The van der Waals surface area contributed by atoms with Gasteiger partial charge in [0.15, 0.2) is 6.61 Å². The molecule has 0 aliphatic heterocycles. The SMILES string of the molecule is CCCn1c(=O)cc(-c2ccccc2)c2ccc(OCC(=O)NCCc3ccc(OC)cc3)cc21. The van der Waals surface area contributed by atoms with Crippen LogP contribution in [0.3, 0.4) is 0 Å². The molecule has 0 saturated carbocycles. The molecule has 6 nitrogen and oxygen atoms in total. The minimum absolute atomic E-state index is 0.0494. The van der Waals surface area contributed by atoms with Gasteiger partial charge < -0.3 is 19.4 Å². The van der Waals surface area contributed by atoms with Crippen molar-refractivity contribution >= 4 is 16.8 Å². The second kappa shape index (κ2) is 11.4. The van der Waals surface area contributed by atoms with Crippen LogP contribution < -0.4 is 20.3 Å². The first-order valence-electron chi connectivity index (χ1n) is 11.8. The van der Waals surface area contributed by atoms with Gasteiger partial charge in [-0.2, -0.15) is 0 Å². The molecule has 6 heteroatoms. The van der Waals surface area contributed by atoms with E-state index in [-0.39, 0.29) is 18.1 Å². The first kappa shape index (κ1) is 24.1. The van der Waals surface area contributed by atoms with E-state index in [0.29, 0.717) is 18.8 Å². The van der Waals surface area contributed by atoms with Crippen LogP contribution in [-0.2, 0) is 17.8 Å². The van der Waals surface area contributed by atoms with Gasteiger partial charge in [0.2, 0.25) is 0 Å². The fraction of sp³-hybridized carbons (Fsp3) is 0.241. The molecule has 1 aromatic heterocycles. The van der Waals surface area contributed by atoms with E-state index in [1.165, 1.54) is 0 Å². The summed E-state index contributed by atoms with van der Waals surface area (Å²) in [6.45, 7) is 3.08. The van der Waals surface area contributed by atoms with Crippen molar-refractivity contribution < 1.29 is 14.3 Å². The molecular formula is C29H30N2O4. The highest BCUT2D eigenvalue weighted by molar-refractivity contribution is 5.95. The highest BCUT2D eigenvalue weighted by Crippen LogP contribution is 2.29. The Morgan fingerprint density at radius 2 is 1.69 bits per heavy atom. The molecular weight excluding hydrogens is 440 g/mol. The molecule has 35 heavy (non-hydrogen) atoms. The number of aromatic nitrogens is 1. The predicted octanol–water partition coefficient (Wildman–Crippen LogP) is 4.82. The minimum atomic E-state index is -0.192. The number of amides is 1. The van der Waals surface area contributed by atoms with E-state index in [2.05, 4.69) is 5.32 Å². The van der Waals surface area contributed by atoms with Crippen molar-refractivity contribution in [3.05, 3.63) is 94.8 Å². The summed E-state index contributed by atoms with van der Waals surface area (Å²) < 4.78 is 12.7. The van der Waals surface area contributed by atoms with Crippen LogP contribution >= 0.6 is 0 Å². The Balaban J connectivity index is 1.46. The Bertz CT molecular complexity index is 1350. The van der Waals surface area contributed by atoms with Gasteiger partial charge in [0.05, 0.1) is 12.6 Å². The van der Waals surface area contributed by atoms with E-state index >= 15 is 0 Å². The maximum atomic E-state index is 12.9. The fourth-order valence-corrected chi connectivity index (χ4v) is 4.10. The smallest absolute Gasteiger partial charge is 0.257 e. The highest BCUT2D eigenvalue weighted by Gasteiger charge is 2.12. The van der Waals surface area contributed by atoms with Crippen molar-refractivity contribution in [1.82, 2.24) is 9.88 Å². The zero-order valence-corrected chi connectivity index (χ0v) is 20.1. The van der Waals surface area contributed by atoms with Gasteiger partial charge >= 0.3 is 0 Å². The van der Waals surface area contributed by atoms with Gasteiger partial charge in [0.25, 0.3) is 11.5 Å². The lowest BCUT2D eigenvalue weighted by Crippen LogP contribution is -2.30. The fourth-order valence-electron chi connectivity index (χ4n) is 4.10. The molecule has 4 rings (SSSR count). The summed E-state index contributed by atoms with van der Waals surface area (Å²) in [7, 11) is 1.63. The second-order valence-electron chi connectivity index (χ2n) is 8.33. The van der Waals surface area contributed by atoms with E-state index in [4.69, 9.17) is 9.47 Å². The Morgan fingerprint density at radius 3 is 2.40 bits per heavy atom. The van der Waals surface area contributed by atoms with Gasteiger partial charge in [-0.05, 0) is 53.8 Å².